The van der Waals surface area contributed by atoms with Crippen LogP contribution in [0.3, 0.4) is 0 Å². The molecular formula is C22H29N3O2. The Bertz CT molecular complexity index is 797. The third kappa shape index (κ3) is 4.59. The molecule has 1 aliphatic carbocycles. The highest BCUT2D eigenvalue weighted by Gasteiger charge is 2.25. The van der Waals surface area contributed by atoms with Crippen LogP contribution in [-0.4, -0.2) is 22.4 Å². The molecule has 0 atom stereocenters. The van der Waals surface area contributed by atoms with E-state index in [4.69, 9.17) is 0 Å². The van der Waals surface area contributed by atoms with Gasteiger partial charge in [0.15, 0.2) is 0 Å². The number of carbonyl (C=O) groups is 2. The first-order valence-corrected chi connectivity index (χ1v) is 9.83. The zero-order valence-corrected chi connectivity index (χ0v) is 16.4. The number of hydrogen-bond donors (Lipinski definition) is 2. The van der Waals surface area contributed by atoms with Gasteiger partial charge >= 0.3 is 0 Å². The number of anilines is 1. The number of hydrogen-bond acceptors (Lipinski definition) is 2. The van der Waals surface area contributed by atoms with Crippen molar-refractivity contribution < 1.29 is 9.59 Å². The van der Waals surface area contributed by atoms with Crippen LogP contribution in [0.4, 0.5) is 5.69 Å². The van der Waals surface area contributed by atoms with Crippen LogP contribution >= 0.6 is 0 Å². The summed E-state index contributed by atoms with van der Waals surface area (Å²) in [5.41, 5.74) is 3.87. The van der Waals surface area contributed by atoms with Crippen molar-refractivity contribution in [3.63, 3.8) is 0 Å². The lowest BCUT2D eigenvalue weighted by atomic mass is 9.90. The van der Waals surface area contributed by atoms with E-state index in [0.717, 1.165) is 25.7 Å². The van der Waals surface area contributed by atoms with Gasteiger partial charge in [0, 0.05) is 41.1 Å². The van der Waals surface area contributed by atoms with Crippen LogP contribution in [0.5, 0.6) is 0 Å². The Kier molecular flexibility index (Phi) is 5.99. The van der Waals surface area contributed by atoms with Crippen LogP contribution in [0.2, 0.25) is 0 Å². The van der Waals surface area contributed by atoms with Gasteiger partial charge in [0.1, 0.15) is 0 Å². The summed E-state index contributed by atoms with van der Waals surface area (Å²) in [7, 11) is 0. The second-order valence-corrected chi connectivity index (χ2v) is 7.45. The molecule has 1 aromatic heterocycles. The summed E-state index contributed by atoms with van der Waals surface area (Å²) in [4.78, 5) is 24.2. The number of nitrogens with one attached hydrogen (secondary N) is 2. The number of aromatic nitrogens is 1. The second kappa shape index (κ2) is 8.42. The van der Waals surface area contributed by atoms with Gasteiger partial charge in [0.05, 0.1) is 0 Å². The molecule has 3 rings (SSSR count). The molecule has 0 saturated heterocycles. The topological polar surface area (TPSA) is 63.1 Å². The lowest BCUT2D eigenvalue weighted by Crippen LogP contribution is -2.38. The normalized spacial score (nSPS) is 19.5. The molecule has 0 radical (unpaired) electrons. The number of carbonyl (C=O) groups excluding carboxylic acids is 2. The SMILES string of the molecule is CCC(=O)Nc1cccc(C(=O)NC2CCC(n3c(C)ccc3C)CC2)c1. The van der Waals surface area contributed by atoms with Crippen molar-refractivity contribution in [2.24, 2.45) is 0 Å². The molecule has 1 aliphatic rings. The summed E-state index contributed by atoms with van der Waals surface area (Å²) in [6, 6.07) is 12.2. The molecular weight excluding hydrogens is 338 g/mol. The Balaban J connectivity index is 1.57. The molecule has 2 amide bonds. The van der Waals surface area contributed by atoms with Gasteiger partial charge in [-0.05, 0) is 69.9 Å². The van der Waals surface area contributed by atoms with Crippen LogP contribution in [0, 0.1) is 13.8 Å². The van der Waals surface area contributed by atoms with Gasteiger partial charge in [0.2, 0.25) is 5.91 Å². The largest absolute Gasteiger partial charge is 0.349 e. The molecule has 1 saturated carbocycles. The van der Waals surface area contributed by atoms with Crippen molar-refractivity contribution in [2.45, 2.75) is 65.0 Å². The summed E-state index contributed by atoms with van der Waals surface area (Å²) >= 11 is 0. The molecule has 0 spiro atoms. The van der Waals surface area contributed by atoms with Crippen molar-refractivity contribution in [2.75, 3.05) is 5.32 Å². The highest BCUT2D eigenvalue weighted by molar-refractivity contribution is 5.97. The van der Waals surface area contributed by atoms with E-state index in [2.05, 4.69) is 41.2 Å². The third-order valence-electron chi connectivity index (χ3n) is 5.45. The van der Waals surface area contributed by atoms with Gasteiger partial charge in [0.25, 0.3) is 5.91 Å². The predicted octanol–water partition coefficient (Wildman–Crippen LogP) is 4.37. The Morgan fingerprint density at radius 1 is 1.04 bits per heavy atom. The first-order chi connectivity index (χ1) is 13.0. The molecule has 5 nitrogen and oxygen atoms in total. The van der Waals surface area contributed by atoms with Crippen LogP contribution in [0.25, 0.3) is 0 Å². The van der Waals surface area contributed by atoms with Crippen LogP contribution in [-0.2, 0) is 4.79 Å². The number of benzene rings is 1. The Morgan fingerprint density at radius 3 is 2.33 bits per heavy atom. The Morgan fingerprint density at radius 2 is 1.70 bits per heavy atom. The smallest absolute Gasteiger partial charge is 0.251 e. The average Bonchev–Trinajstić information content (AvgIpc) is 3.01. The molecule has 0 bridgehead atoms. The number of nitrogens with zero attached hydrogens (tertiary/aromatic N) is 1. The van der Waals surface area contributed by atoms with Crippen molar-refractivity contribution in [3.05, 3.63) is 53.3 Å². The van der Waals surface area contributed by atoms with Crippen LogP contribution < -0.4 is 10.6 Å². The molecule has 2 aromatic rings. The molecule has 1 fully saturated rings. The monoisotopic (exact) mass is 367 g/mol. The lowest BCUT2D eigenvalue weighted by Gasteiger charge is -2.31. The van der Waals surface area contributed by atoms with Gasteiger partial charge in [-0.1, -0.05) is 13.0 Å². The fourth-order valence-electron chi connectivity index (χ4n) is 3.99. The Labute approximate surface area is 161 Å². The van der Waals surface area contributed by atoms with E-state index in [9.17, 15) is 9.59 Å². The molecule has 144 valence electrons. The van der Waals surface area contributed by atoms with Gasteiger partial charge in [-0.2, -0.15) is 0 Å². The number of amides is 2. The summed E-state index contributed by atoms with van der Waals surface area (Å²) in [5.74, 6) is -0.124. The van der Waals surface area contributed by atoms with Crippen LogP contribution in [0.15, 0.2) is 36.4 Å². The highest BCUT2D eigenvalue weighted by Crippen LogP contribution is 2.31. The van der Waals surface area contributed by atoms with Gasteiger partial charge in [-0.25, -0.2) is 0 Å². The first-order valence-electron chi connectivity index (χ1n) is 9.83. The molecule has 1 heterocycles. The molecule has 27 heavy (non-hydrogen) atoms. The van der Waals surface area contributed by atoms with E-state index in [-0.39, 0.29) is 17.9 Å². The fraction of sp³-hybridized carbons (Fsp3) is 0.455. The summed E-state index contributed by atoms with van der Waals surface area (Å²) < 4.78 is 2.43. The minimum absolute atomic E-state index is 0.0542. The van der Waals surface area contributed by atoms with Gasteiger partial charge in [-0.15, -0.1) is 0 Å². The standard InChI is InChI=1S/C22H29N3O2/c1-4-21(26)23-19-7-5-6-17(14-19)22(27)24-18-10-12-20(13-11-18)25-15(2)8-9-16(25)3/h5-9,14,18,20H,4,10-13H2,1-3H3,(H,23,26)(H,24,27). The third-order valence-corrected chi connectivity index (χ3v) is 5.45. The number of rotatable bonds is 5. The zero-order chi connectivity index (χ0) is 19.4. The van der Waals surface area contributed by atoms with Gasteiger partial charge in [-0.3, -0.25) is 9.59 Å². The minimum atomic E-state index is -0.0700. The predicted molar refractivity (Wildman–Crippen MR) is 108 cm³/mol. The summed E-state index contributed by atoms with van der Waals surface area (Å²) in [6.45, 7) is 6.12. The average molecular weight is 367 g/mol. The van der Waals surface area contributed by atoms with E-state index in [1.807, 2.05) is 0 Å². The first kappa shape index (κ1) is 19.2. The molecule has 1 aromatic carbocycles. The fourth-order valence-corrected chi connectivity index (χ4v) is 3.99. The molecule has 5 heteroatoms. The highest BCUT2D eigenvalue weighted by atomic mass is 16.2. The molecule has 0 unspecified atom stereocenters. The van der Waals surface area contributed by atoms with Crippen LogP contribution in [0.1, 0.15) is 66.8 Å². The van der Waals surface area contributed by atoms with E-state index in [0.29, 0.717) is 23.7 Å². The second-order valence-electron chi connectivity index (χ2n) is 7.45. The van der Waals surface area contributed by atoms with E-state index in [1.165, 1.54) is 11.4 Å². The quantitative estimate of drug-likeness (QED) is 0.824. The minimum Gasteiger partial charge on any atom is -0.349 e. The van der Waals surface area contributed by atoms with Crippen molar-refractivity contribution in [1.29, 1.82) is 0 Å². The van der Waals surface area contributed by atoms with Gasteiger partial charge < -0.3 is 15.2 Å². The summed E-state index contributed by atoms with van der Waals surface area (Å²) in [5, 5.41) is 5.96. The van der Waals surface area contributed by atoms with Crippen molar-refractivity contribution >= 4 is 17.5 Å². The van der Waals surface area contributed by atoms with E-state index < -0.39 is 0 Å². The van der Waals surface area contributed by atoms with E-state index in [1.54, 1.807) is 31.2 Å². The maximum atomic E-state index is 12.6. The number of aryl methyl sites for hydroxylation is 2. The zero-order valence-electron chi connectivity index (χ0n) is 16.4. The molecule has 2 N–H and O–H groups in total. The summed E-state index contributed by atoms with van der Waals surface area (Å²) in [6.07, 6.45) is 4.54. The molecule has 0 aliphatic heterocycles. The van der Waals surface area contributed by atoms with Crippen molar-refractivity contribution in [1.82, 2.24) is 9.88 Å². The maximum absolute atomic E-state index is 12.6. The van der Waals surface area contributed by atoms with E-state index >= 15 is 0 Å². The van der Waals surface area contributed by atoms with Crippen molar-refractivity contribution in [3.8, 4) is 0 Å². The maximum Gasteiger partial charge on any atom is 0.251 e. The Hall–Kier alpha value is -2.56. The lowest BCUT2D eigenvalue weighted by molar-refractivity contribution is -0.115.